The molecule has 1 N–H and O–H groups in total. The van der Waals surface area contributed by atoms with E-state index in [0.717, 1.165) is 23.6 Å². The average Bonchev–Trinajstić information content (AvgIpc) is 2.59. The molecule has 2 aromatic carbocycles. The molecule has 24 heavy (non-hydrogen) atoms. The molecule has 1 amide bonds. The van der Waals surface area contributed by atoms with Crippen molar-refractivity contribution in [2.75, 3.05) is 5.75 Å². The molecular formula is C20H24ClNOS. The lowest BCUT2D eigenvalue weighted by Gasteiger charge is -2.17. The highest BCUT2D eigenvalue weighted by Gasteiger charge is 2.12. The summed E-state index contributed by atoms with van der Waals surface area (Å²) in [6, 6.07) is 16.3. The normalized spacial score (nSPS) is 12.0. The van der Waals surface area contributed by atoms with Crippen molar-refractivity contribution in [1.82, 2.24) is 5.32 Å². The summed E-state index contributed by atoms with van der Waals surface area (Å²) in [7, 11) is 0. The highest BCUT2D eigenvalue weighted by molar-refractivity contribution is 7.99. The highest BCUT2D eigenvalue weighted by Crippen LogP contribution is 2.22. The number of hydrogen-bond donors (Lipinski definition) is 1. The molecule has 2 aromatic rings. The van der Waals surface area contributed by atoms with Crippen LogP contribution in [-0.2, 0) is 4.79 Å². The molecular weight excluding hydrogens is 338 g/mol. The van der Waals surface area contributed by atoms with Gasteiger partial charge in [0.05, 0.1) is 6.04 Å². The zero-order chi connectivity index (χ0) is 17.4. The van der Waals surface area contributed by atoms with Crippen molar-refractivity contribution >= 4 is 29.3 Å². The predicted octanol–water partition coefficient (Wildman–Crippen LogP) is 5.79. The van der Waals surface area contributed by atoms with E-state index in [-0.39, 0.29) is 11.9 Å². The maximum atomic E-state index is 12.2. The van der Waals surface area contributed by atoms with E-state index >= 15 is 0 Å². The van der Waals surface area contributed by atoms with Crippen LogP contribution in [0.4, 0.5) is 0 Å². The van der Waals surface area contributed by atoms with Crippen molar-refractivity contribution in [1.29, 1.82) is 0 Å². The molecule has 2 nitrogen and oxygen atoms in total. The summed E-state index contributed by atoms with van der Waals surface area (Å²) >= 11 is 7.63. The van der Waals surface area contributed by atoms with E-state index in [0.29, 0.717) is 6.42 Å². The van der Waals surface area contributed by atoms with Gasteiger partial charge in [0.25, 0.3) is 0 Å². The Balaban J connectivity index is 1.73. The number of carbonyl (C=O) groups excluding carboxylic acids is 1. The summed E-state index contributed by atoms with van der Waals surface area (Å²) in [4.78, 5) is 13.4. The standard InChI is InChI=1S/C20H24ClNOS/c1-3-19(16-8-6-15(2)7-9-16)22-20(23)5-4-14-24-18-12-10-17(21)11-13-18/h6-13,19H,3-5,14H2,1-2H3,(H,22,23)/t19-/m1/s1. The summed E-state index contributed by atoms with van der Waals surface area (Å²) in [5.74, 6) is 1.05. The zero-order valence-electron chi connectivity index (χ0n) is 14.2. The number of benzene rings is 2. The number of hydrogen-bond acceptors (Lipinski definition) is 2. The molecule has 0 bridgehead atoms. The molecule has 0 saturated heterocycles. The minimum absolute atomic E-state index is 0.0991. The van der Waals surface area contributed by atoms with Crippen molar-refractivity contribution in [3.8, 4) is 0 Å². The first-order valence-electron chi connectivity index (χ1n) is 8.32. The van der Waals surface area contributed by atoms with Gasteiger partial charge in [-0.15, -0.1) is 11.8 Å². The molecule has 1 atom stereocenters. The van der Waals surface area contributed by atoms with Crippen LogP contribution in [0.5, 0.6) is 0 Å². The summed E-state index contributed by atoms with van der Waals surface area (Å²) in [6.07, 6.45) is 2.32. The number of halogens is 1. The summed E-state index contributed by atoms with van der Waals surface area (Å²) in [5, 5.41) is 3.89. The van der Waals surface area contributed by atoms with Gasteiger partial charge in [0, 0.05) is 16.3 Å². The van der Waals surface area contributed by atoms with E-state index in [1.165, 1.54) is 16.0 Å². The summed E-state index contributed by atoms with van der Waals surface area (Å²) in [5.41, 5.74) is 2.41. The van der Waals surface area contributed by atoms with E-state index in [9.17, 15) is 4.79 Å². The van der Waals surface area contributed by atoms with Gasteiger partial charge in [0.2, 0.25) is 5.91 Å². The van der Waals surface area contributed by atoms with Crippen molar-refractivity contribution in [2.45, 2.75) is 44.0 Å². The molecule has 2 rings (SSSR count). The monoisotopic (exact) mass is 361 g/mol. The summed E-state index contributed by atoms with van der Waals surface area (Å²) in [6.45, 7) is 4.17. The van der Waals surface area contributed by atoms with Crippen molar-refractivity contribution in [3.05, 3.63) is 64.7 Å². The van der Waals surface area contributed by atoms with Gasteiger partial charge in [-0.2, -0.15) is 0 Å². The largest absolute Gasteiger partial charge is 0.349 e. The van der Waals surface area contributed by atoms with Gasteiger partial charge in [-0.25, -0.2) is 0 Å². The number of rotatable bonds is 8. The van der Waals surface area contributed by atoms with Crippen molar-refractivity contribution in [3.63, 3.8) is 0 Å². The van der Waals surface area contributed by atoms with Crippen LogP contribution in [0, 0.1) is 6.92 Å². The number of carbonyl (C=O) groups is 1. The molecule has 0 spiro atoms. The molecule has 0 saturated carbocycles. The van der Waals surface area contributed by atoms with Crippen LogP contribution in [0.25, 0.3) is 0 Å². The van der Waals surface area contributed by atoms with Gasteiger partial charge in [-0.1, -0.05) is 48.4 Å². The van der Waals surface area contributed by atoms with Crippen molar-refractivity contribution < 1.29 is 4.79 Å². The number of amides is 1. The second-order valence-corrected chi connectivity index (χ2v) is 7.45. The lowest BCUT2D eigenvalue weighted by Crippen LogP contribution is -2.27. The third kappa shape index (κ3) is 6.21. The second-order valence-electron chi connectivity index (χ2n) is 5.84. The SMILES string of the molecule is CC[C@@H](NC(=O)CCCSc1ccc(Cl)cc1)c1ccc(C)cc1. The highest BCUT2D eigenvalue weighted by atomic mass is 35.5. The fraction of sp³-hybridized carbons (Fsp3) is 0.350. The zero-order valence-corrected chi connectivity index (χ0v) is 15.8. The Morgan fingerprint density at radius 1 is 1.12 bits per heavy atom. The fourth-order valence-corrected chi connectivity index (χ4v) is 3.42. The minimum Gasteiger partial charge on any atom is -0.349 e. The molecule has 0 aliphatic heterocycles. The molecule has 0 aliphatic carbocycles. The third-order valence-electron chi connectivity index (χ3n) is 3.85. The first kappa shape index (κ1) is 18.9. The smallest absolute Gasteiger partial charge is 0.220 e. The molecule has 4 heteroatoms. The maximum Gasteiger partial charge on any atom is 0.220 e. The minimum atomic E-state index is 0.0991. The van der Waals surface area contributed by atoms with E-state index in [2.05, 4.69) is 43.4 Å². The Kier molecular flexibility index (Phi) is 7.67. The Bertz CT molecular complexity index is 640. The Morgan fingerprint density at radius 3 is 2.42 bits per heavy atom. The molecule has 0 aromatic heterocycles. The van der Waals surface area contributed by atoms with Gasteiger partial charge in [-0.3, -0.25) is 4.79 Å². The lowest BCUT2D eigenvalue weighted by atomic mass is 10.0. The molecule has 128 valence electrons. The molecule has 0 radical (unpaired) electrons. The first-order valence-corrected chi connectivity index (χ1v) is 9.69. The van der Waals surface area contributed by atoms with E-state index in [4.69, 9.17) is 11.6 Å². The van der Waals surface area contributed by atoms with E-state index in [1.807, 2.05) is 24.3 Å². The van der Waals surface area contributed by atoms with Crippen LogP contribution in [0.15, 0.2) is 53.4 Å². The predicted molar refractivity (Wildman–Crippen MR) is 104 cm³/mol. The number of aryl methyl sites for hydroxylation is 1. The van der Waals surface area contributed by atoms with Crippen LogP contribution < -0.4 is 5.32 Å². The van der Waals surface area contributed by atoms with E-state index in [1.54, 1.807) is 11.8 Å². The van der Waals surface area contributed by atoms with Crippen molar-refractivity contribution in [2.24, 2.45) is 0 Å². The van der Waals surface area contributed by atoms with Crippen LogP contribution in [-0.4, -0.2) is 11.7 Å². The molecule has 0 aliphatic rings. The summed E-state index contributed by atoms with van der Waals surface area (Å²) < 4.78 is 0. The Morgan fingerprint density at radius 2 is 1.79 bits per heavy atom. The van der Waals surface area contributed by atoms with Crippen LogP contribution in [0.1, 0.15) is 43.4 Å². The third-order valence-corrected chi connectivity index (χ3v) is 5.20. The molecule has 0 heterocycles. The van der Waals surface area contributed by atoms with Crippen LogP contribution in [0.3, 0.4) is 0 Å². The van der Waals surface area contributed by atoms with Gasteiger partial charge >= 0.3 is 0 Å². The number of thioether (sulfide) groups is 1. The van der Waals surface area contributed by atoms with E-state index < -0.39 is 0 Å². The molecule has 0 unspecified atom stereocenters. The van der Waals surface area contributed by atoms with Crippen LogP contribution >= 0.6 is 23.4 Å². The Hall–Kier alpha value is -1.45. The van der Waals surface area contributed by atoms with Gasteiger partial charge in [0.1, 0.15) is 0 Å². The fourth-order valence-electron chi connectivity index (χ4n) is 2.44. The quantitative estimate of drug-likeness (QED) is 0.476. The maximum absolute atomic E-state index is 12.2. The topological polar surface area (TPSA) is 29.1 Å². The average molecular weight is 362 g/mol. The van der Waals surface area contributed by atoms with Gasteiger partial charge < -0.3 is 5.32 Å². The van der Waals surface area contributed by atoms with Gasteiger partial charge in [0.15, 0.2) is 0 Å². The Labute approximate surface area is 154 Å². The number of nitrogens with one attached hydrogen (secondary N) is 1. The first-order chi connectivity index (χ1) is 11.6. The molecule has 0 fully saturated rings. The van der Waals surface area contributed by atoms with Crippen LogP contribution in [0.2, 0.25) is 5.02 Å². The second kappa shape index (κ2) is 9.75. The lowest BCUT2D eigenvalue weighted by molar-refractivity contribution is -0.121. The van der Waals surface area contributed by atoms with Gasteiger partial charge in [-0.05, 0) is 55.3 Å².